The van der Waals surface area contributed by atoms with Crippen molar-refractivity contribution in [1.82, 2.24) is 20.2 Å². The summed E-state index contributed by atoms with van der Waals surface area (Å²) in [5, 5.41) is 11.0. The fourth-order valence-electron chi connectivity index (χ4n) is 3.14. The maximum absolute atomic E-state index is 12.8. The molecule has 0 atom stereocenters. The molecule has 11 heteroatoms. The third-order valence-electron chi connectivity index (χ3n) is 4.56. The van der Waals surface area contributed by atoms with Crippen LogP contribution in [0.2, 0.25) is 0 Å². The van der Waals surface area contributed by atoms with E-state index in [1.54, 1.807) is 35.2 Å². The van der Waals surface area contributed by atoms with E-state index in [-0.39, 0.29) is 10.8 Å². The van der Waals surface area contributed by atoms with Crippen LogP contribution in [0.3, 0.4) is 0 Å². The third kappa shape index (κ3) is 3.76. The van der Waals surface area contributed by atoms with Crippen LogP contribution in [0.25, 0.3) is 5.69 Å². The fraction of sp³-hybridized carbons (Fsp3) is 0.222. The van der Waals surface area contributed by atoms with Crippen molar-refractivity contribution < 1.29 is 17.9 Å². The van der Waals surface area contributed by atoms with Crippen molar-refractivity contribution in [1.29, 1.82) is 0 Å². The first kappa shape index (κ1) is 18.9. The van der Waals surface area contributed by atoms with Gasteiger partial charge < -0.3 is 9.64 Å². The van der Waals surface area contributed by atoms with Gasteiger partial charge in [-0.25, -0.2) is 8.42 Å². The summed E-state index contributed by atoms with van der Waals surface area (Å²) >= 11 is 0. The van der Waals surface area contributed by atoms with Crippen molar-refractivity contribution in [2.24, 2.45) is 0 Å². The molecule has 1 saturated heterocycles. The summed E-state index contributed by atoms with van der Waals surface area (Å²) in [5.41, 5.74) is 1.51. The molecule has 2 heterocycles. The van der Waals surface area contributed by atoms with Crippen molar-refractivity contribution in [2.75, 3.05) is 23.3 Å². The maximum Gasteiger partial charge on any atom is 0.261 e. The van der Waals surface area contributed by atoms with Crippen molar-refractivity contribution in [2.45, 2.75) is 17.7 Å². The topological polar surface area (TPSA) is 119 Å². The van der Waals surface area contributed by atoms with Crippen molar-refractivity contribution in [3.8, 4) is 11.4 Å². The van der Waals surface area contributed by atoms with Crippen molar-refractivity contribution in [3.05, 3.63) is 48.8 Å². The first-order chi connectivity index (χ1) is 14.0. The molecule has 150 valence electrons. The largest absolute Gasteiger partial charge is 0.494 e. The molecular weight excluding hydrogens is 396 g/mol. The number of benzene rings is 2. The second kappa shape index (κ2) is 7.51. The molecule has 1 aromatic heterocycles. The summed E-state index contributed by atoms with van der Waals surface area (Å²) in [6.45, 7) is 0.648. The average molecular weight is 414 g/mol. The van der Waals surface area contributed by atoms with Gasteiger partial charge in [0.05, 0.1) is 17.7 Å². The SMILES string of the molecule is COc1ccc(NS(=O)(=O)c2ccc(N3CCCC3=O)cc2)cc1-n1cnnn1. The molecule has 3 aromatic rings. The third-order valence-corrected chi connectivity index (χ3v) is 5.96. The van der Waals surface area contributed by atoms with E-state index >= 15 is 0 Å². The molecule has 4 rings (SSSR count). The van der Waals surface area contributed by atoms with Crippen LogP contribution in [0.4, 0.5) is 11.4 Å². The molecular formula is C18H18N6O4S. The molecule has 0 spiro atoms. The minimum atomic E-state index is -3.83. The maximum atomic E-state index is 12.8. The Morgan fingerprint density at radius 1 is 1.14 bits per heavy atom. The zero-order valence-corrected chi connectivity index (χ0v) is 16.3. The summed E-state index contributed by atoms with van der Waals surface area (Å²) < 4.78 is 34.8. The lowest BCUT2D eigenvalue weighted by Crippen LogP contribution is -2.23. The predicted octanol–water partition coefficient (Wildman–Crippen LogP) is 1.60. The Kier molecular flexibility index (Phi) is 4.89. The van der Waals surface area contributed by atoms with E-state index < -0.39 is 10.0 Å². The van der Waals surface area contributed by atoms with Crippen LogP contribution in [0.5, 0.6) is 5.75 Å². The van der Waals surface area contributed by atoms with Gasteiger partial charge in [-0.05, 0) is 59.3 Å². The highest BCUT2D eigenvalue weighted by atomic mass is 32.2. The fourth-order valence-corrected chi connectivity index (χ4v) is 4.19. The van der Waals surface area contributed by atoms with Crippen LogP contribution in [-0.4, -0.2) is 48.2 Å². The standard InChI is InChI=1S/C18H18N6O4S/c1-28-17-9-4-13(11-16(17)24-12-19-21-22-24)20-29(26,27)15-7-5-14(6-8-15)23-10-2-3-18(23)25/h4-9,11-12,20H,2-3,10H2,1H3. The molecule has 1 aliphatic rings. The van der Waals surface area contributed by atoms with Crippen LogP contribution in [0, 0.1) is 0 Å². The first-order valence-electron chi connectivity index (χ1n) is 8.82. The van der Waals surface area contributed by atoms with Gasteiger partial charge in [-0.1, -0.05) is 0 Å². The molecule has 1 aliphatic heterocycles. The normalized spacial score (nSPS) is 14.2. The summed E-state index contributed by atoms with van der Waals surface area (Å²) in [5.74, 6) is 0.534. The number of aromatic nitrogens is 4. The number of hydrogen-bond acceptors (Lipinski definition) is 7. The van der Waals surface area contributed by atoms with E-state index in [1.165, 1.54) is 30.3 Å². The zero-order chi connectivity index (χ0) is 20.4. The molecule has 1 amide bonds. The number of nitrogens with zero attached hydrogens (tertiary/aromatic N) is 5. The number of nitrogens with one attached hydrogen (secondary N) is 1. The highest BCUT2D eigenvalue weighted by Crippen LogP contribution is 2.28. The Hall–Kier alpha value is -3.47. The van der Waals surface area contributed by atoms with Crippen LogP contribution >= 0.6 is 0 Å². The van der Waals surface area contributed by atoms with Crippen LogP contribution in [0.1, 0.15) is 12.8 Å². The molecule has 10 nitrogen and oxygen atoms in total. The van der Waals surface area contributed by atoms with Gasteiger partial charge in [0.1, 0.15) is 17.8 Å². The molecule has 0 radical (unpaired) electrons. The molecule has 0 saturated carbocycles. The Morgan fingerprint density at radius 2 is 1.93 bits per heavy atom. The Balaban J connectivity index is 1.59. The number of carbonyl (C=O) groups excluding carboxylic acids is 1. The van der Waals surface area contributed by atoms with Gasteiger partial charge in [0.15, 0.2) is 0 Å². The van der Waals surface area contributed by atoms with Crippen LogP contribution < -0.4 is 14.4 Å². The second-order valence-electron chi connectivity index (χ2n) is 6.39. The number of tetrazole rings is 1. The molecule has 0 unspecified atom stereocenters. The quantitative estimate of drug-likeness (QED) is 0.650. The average Bonchev–Trinajstić information content (AvgIpc) is 3.39. The van der Waals surface area contributed by atoms with Crippen LogP contribution in [0.15, 0.2) is 53.7 Å². The lowest BCUT2D eigenvalue weighted by Gasteiger charge is -2.16. The van der Waals surface area contributed by atoms with Gasteiger partial charge >= 0.3 is 0 Å². The first-order valence-corrected chi connectivity index (χ1v) is 10.3. The molecule has 0 aliphatic carbocycles. The minimum Gasteiger partial charge on any atom is -0.494 e. The number of hydrogen-bond donors (Lipinski definition) is 1. The predicted molar refractivity (Wildman–Crippen MR) is 105 cm³/mol. The van der Waals surface area contributed by atoms with E-state index in [0.29, 0.717) is 35.8 Å². The number of ether oxygens (including phenoxy) is 1. The van der Waals surface area contributed by atoms with E-state index in [0.717, 1.165) is 6.42 Å². The number of amides is 1. The lowest BCUT2D eigenvalue weighted by molar-refractivity contribution is -0.117. The molecule has 29 heavy (non-hydrogen) atoms. The number of rotatable bonds is 6. The van der Waals surface area contributed by atoms with E-state index in [2.05, 4.69) is 20.2 Å². The molecule has 0 bridgehead atoms. The highest BCUT2D eigenvalue weighted by Gasteiger charge is 2.22. The highest BCUT2D eigenvalue weighted by molar-refractivity contribution is 7.92. The zero-order valence-electron chi connectivity index (χ0n) is 15.5. The molecule has 2 aromatic carbocycles. The van der Waals surface area contributed by atoms with Crippen molar-refractivity contribution in [3.63, 3.8) is 0 Å². The van der Waals surface area contributed by atoms with Gasteiger partial charge in [0.25, 0.3) is 10.0 Å². The minimum absolute atomic E-state index is 0.0482. The molecule has 1 N–H and O–H groups in total. The van der Waals surface area contributed by atoms with E-state index in [4.69, 9.17) is 4.74 Å². The van der Waals surface area contributed by atoms with Gasteiger partial charge in [-0.15, -0.1) is 5.10 Å². The Bertz CT molecular complexity index is 1130. The summed E-state index contributed by atoms with van der Waals surface area (Å²) in [4.78, 5) is 13.6. The monoisotopic (exact) mass is 414 g/mol. The van der Waals surface area contributed by atoms with E-state index in [1.807, 2.05) is 0 Å². The van der Waals surface area contributed by atoms with Crippen LogP contribution in [-0.2, 0) is 14.8 Å². The van der Waals surface area contributed by atoms with Gasteiger partial charge in [-0.2, -0.15) is 4.68 Å². The number of carbonyl (C=O) groups is 1. The Labute approximate surface area is 167 Å². The number of sulfonamides is 1. The Morgan fingerprint density at radius 3 is 2.55 bits per heavy atom. The van der Waals surface area contributed by atoms with Gasteiger partial charge in [0, 0.05) is 18.7 Å². The van der Waals surface area contributed by atoms with Gasteiger partial charge in [0.2, 0.25) is 5.91 Å². The second-order valence-corrected chi connectivity index (χ2v) is 8.07. The number of methoxy groups -OCH3 is 1. The number of anilines is 2. The smallest absolute Gasteiger partial charge is 0.261 e. The summed E-state index contributed by atoms with van der Waals surface area (Å²) in [6, 6.07) is 11.0. The summed E-state index contributed by atoms with van der Waals surface area (Å²) in [7, 11) is -2.33. The van der Waals surface area contributed by atoms with Gasteiger partial charge in [-0.3, -0.25) is 9.52 Å². The van der Waals surface area contributed by atoms with Crippen molar-refractivity contribution >= 4 is 27.3 Å². The molecule has 1 fully saturated rings. The lowest BCUT2D eigenvalue weighted by atomic mass is 10.2. The van der Waals surface area contributed by atoms with E-state index in [9.17, 15) is 13.2 Å². The summed E-state index contributed by atoms with van der Waals surface area (Å²) in [6.07, 6.45) is 2.71.